The maximum Gasteiger partial charge on any atom is 0.294 e. The standard InChI is InChI=1S/C21H27N3O5/c1-14(29-24(26)27)11-21(2,3)22-12-15(25)13-28-19-10-6-9-18-20(19)16-7-4-5-8-17(16)23-18/h4-10,14-15,22-23,25H,11-13H2,1-3H3. The van der Waals surface area contributed by atoms with Crippen LogP contribution in [0.15, 0.2) is 42.5 Å². The van der Waals surface area contributed by atoms with E-state index >= 15 is 0 Å². The van der Waals surface area contributed by atoms with Gasteiger partial charge in [0.25, 0.3) is 5.09 Å². The van der Waals surface area contributed by atoms with Crippen molar-refractivity contribution in [1.29, 1.82) is 0 Å². The van der Waals surface area contributed by atoms with E-state index in [-0.39, 0.29) is 6.61 Å². The highest BCUT2D eigenvalue weighted by Gasteiger charge is 2.23. The fourth-order valence-electron chi connectivity index (χ4n) is 3.60. The number of ether oxygens (including phenoxy) is 1. The Labute approximate surface area is 168 Å². The number of para-hydroxylation sites is 1. The molecule has 2 unspecified atom stereocenters. The first-order valence-corrected chi connectivity index (χ1v) is 9.61. The maximum atomic E-state index is 10.4. The summed E-state index contributed by atoms with van der Waals surface area (Å²) in [4.78, 5) is 18.4. The van der Waals surface area contributed by atoms with Crippen molar-refractivity contribution in [1.82, 2.24) is 10.3 Å². The Morgan fingerprint density at radius 2 is 1.93 bits per heavy atom. The summed E-state index contributed by atoms with van der Waals surface area (Å²) in [5, 5.41) is 25.3. The van der Waals surface area contributed by atoms with Crippen molar-refractivity contribution in [3.8, 4) is 5.75 Å². The molecule has 1 heterocycles. The molecule has 0 spiro atoms. The number of nitrogens with one attached hydrogen (secondary N) is 2. The SMILES string of the molecule is CC(CC(C)(C)NCC(O)COc1cccc2[nH]c3ccccc3c12)O[N+](=O)[O-]. The van der Waals surface area contributed by atoms with Gasteiger partial charge >= 0.3 is 0 Å². The van der Waals surface area contributed by atoms with Gasteiger partial charge < -0.3 is 25.0 Å². The zero-order chi connectivity index (χ0) is 21.0. The van der Waals surface area contributed by atoms with Crippen LogP contribution in [0, 0.1) is 10.1 Å². The van der Waals surface area contributed by atoms with Crippen LogP contribution in [0.25, 0.3) is 21.8 Å². The Kier molecular flexibility index (Phi) is 6.24. The van der Waals surface area contributed by atoms with E-state index < -0.39 is 22.8 Å². The molecule has 2 atom stereocenters. The highest BCUT2D eigenvalue weighted by Crippen LogP contribution is 2.32. The van der Waals surface area contributed by atoms with Gasteiger partial charge in [0.05, 0.1) is 5.52 Å². The minimum Gasteiger partial charge on any atom is -0.490 e. The molecule has 0 aliphatic heterocycles. The predicted octanol–water partition coefficient (Wildman–Crippen LogP) is 3.42. The van der Waals surface area contributed by atoms with E-state index in [9.17, 15) is 15.2 Å². The number of hydrogen-bond acceptors (Lipinski definition) is 6. The summed E-state index contributed by atoms with van der Waals surface area (Å²) >= 11 is 0. The van der Waals surface area contributed by atoms with Gasteiger partial charge in [-0.05, 0) is 45.4 Å². The molecule has 3 aromatic rings. The maximum absolute atomic E-state index is 10.4. The molecule has 0 saturated carbocycles. The Morgan fingerprint density at radius 3 is 2.69 bits per heavy atom. The van der Waals surface area contributed by atoms with Gasteiger partial charge in [-0.3, -0.25) is 0 Å². The summed E-state index contributed by atoms with van der Waals surface area (Å²) in [6.07, 6.45) is -0.849. The number of nitrogens with zero attached hydrogens (tertiary/aromatic N) is 1. The fourth-order valence-corrected chi connectivity index (χ4v) is 3.60. The molecule has 0 aliphatic carbocycles. The highest BCUT2D eigenvalue weighted by molar-refractivity contribution is 6.10. The van der Waals surface area contributed by atoms with Crippen molar-refractivity contribution in [3.63, 3.8) is 0 Å². The number of aromatic nitrogens is 1. The number of aliphatic hydroxyl groups excluding tert-OH is 1. The van der Waals surface area contributed by atoms with Crippen molar-refractivity contribution < 1.29 is 19.8 Å². The van der Waals surface area contributed by atoms with Crippen LogP contribution in [0.5, 0.6) is 5.75 Å². The van der Waals surface area contributed by atoms with Gasteiger partial charge in [0.15, 0.2) is 0 Å². The van der Waals surface area contributed by atoms with E-state index in [1.54, 1.807) is 6.92 Å². The topological polar surface area (TPSA) is 110 Å². The Morgan fingerprint density at radius 1 is 1.21 bits per heavy atom. The lowest BCUT2D eigenvalue weighted by atomic mass is 9.97. The van der Waals surface area contributed by atoms with Crippen LogP contribution in [0.3, 0.4) is 0 Å². The van der Waals surface area contributed by atoms with Crippen LogP contribution in [0.4, 0.5) is 0 Å². The average molecular weight is 401 g/mol. The van der Waals surface area contributed by atoms with Crippen molar-refractivity contribution >= 4 is 21.8 Å². The molecule has 0 amide bonds. The molecule has 2 aromatic carbocycles. The van der Waals surface area contributed by atoms with Gasteiger partial charge in [0.2, 0.25) is 0 Å². The summed E-state index contributed by atoms with van der Waals surface area (Å²) in [5.74, 6) is 0.714. The largest absolute Gasteiger partial charge is 0.490 e. The van der Waals surface area contributed by atoms with Crippen LogP contribution in [0.2, 0.25) is 0 Å². The zero-order valence-corrected chi connectivity index (χ0v) is 16.8. The number of fused-ring (bicyclic) bond motifs is 3. The third-order valence-corrected chi connectivity index (χ3v) is 4.80. The van der Waals surface area contributed by atoms with Crippen LogP contribution in [-0.2, 0) is 4.84 Å². The second kappa shape index (κ2) is 8.67. The van der Waals surface area contributed by atoms with E-state index in [1.165, 1.54) is 0 Å². The second-order valence-corrected chi connectivity index (χ2v) is 7.92. The quantitative estimate of drug-likeness (QED) is 0.355. The summed E-state index contributed by atoms with van der Waals surface area (Å²) in [7, 11) is 0. The van der Waals surface area contributed by atoms with Crippen molar-refractivity contribution in [2.24, 2.45) is 0 Å². The molecule has 0 fully saturated rings. The molecular formula is C21H27N3O5. The Hall–Kier alpha value is -2.84. The van der Waals surface area contributed by atoms with E-state index in [2.05, 4.69) is 15.1 Å². The van der Waals surface area contributed by atoms with Crippen LogP contribution in [-0.4, -0.2) is 46.1 Å². The lowest BCUT2D eigenvalue weighted by Crippen LogP contribution is -2.46. The number of aliphatic hydroxyl groups is 1. The highest BCUT2D eigenvalue weighted by atomic mass is 17.0. The third-order valence-electron chi connectivity index (χ3n) is 4.80. The van der Waals surface area contributed by atoms with Crippen molar-refractivity contribution in [2.75, 3.05) is 13.2 Å². The molecule has 0 bridgehead atoms. The van der Waals surface area contributed by atoms with E-state index in [4.69, 9.17) is 4.74 Å². The molecule has 3 rings (SSSR count). The normalized spacial score (nSPS) is 14.1. The average Bonchev–Trinajstić information content (AvgIpc) is 3.02. The number of hydrogen-bond donors (Lipinski definition) is 3. The van der Waals surface area contributed by atoms with Gasteiger partial charge in [0.1, 0.15) is 24.6 Å². The minimum absolute atomic E-state index is 0.128. The number of benzene rings is 2. The van der Waals surface area contributed by atoms with Gasteiger partial charge in [-0.15, -0.1) is 10.1 Å². The third kappa shape index (κ3) is 5.36. The second-order valence-electron chi connectivity index (χ2n) is 7.92. The van der Waals surface area contributed by atoms with Gasteiger partial charge in [-0.25, -0.2) is 0 Å². The monoisotopic (exact) mass is 401 g/mol. The molecule has 8 nitrogen and oxygen atoms in total. The van der Waals surface area contributed by atoms with Gasteiger partial charge in [-0.2, -0.15) is 0 Å². The smallest absolute Gasteiger partial charge is 0.294 e. The minimum atomic E-state index is -0.783. The first kappa shape index (κ1) is 20.9. The summed E-state index contributed by atoms with van der Waals surface area (Å²) in [6, 6.07) is 13.8. The Bertz CT molecular complexity index is 985. The number of aromatic amines is 1. The zero-order valence-electron chi connectivity index (χ0n) is 16.8. The van der Waals surface area contributed by atoms with Crippen molar-refractivity contribution in [2.45, 2.75) is 44.9 Å². The van der Waals surface area contributed by atoms with Crippen LogP contribution >= 0.6 is 0 Å². The van der Waals surface area contributed by atoms with E-state index in [0.717, 1.165) is 21.8 Å². The molecule has 0 saturated heterocycles. The molecule has 1 aromatic heterocycles. The van der Waals surface area contributed by atoms with Crippen molar-refractivity contribution in [3.05, 3.63) is 52.6 Å². The Balaban J connectivity index is 1.58. The molecular weight excluding hydrogens is 374 g/mol. The lowest BCUT2D eigenvalue weighted by Gasteiger charge is -2.29. The van der Waals surface area contributed by atoms with Gasteiger partial charge in [-0.1, -0.05) is 24.3 Å². The van der Waals surface area contributed by atoms with E-state index in [0.29, 0.717) is 18.7 Å². The van der Waals surface area contributed by atoms with Crippen LogP contribution in [0.1, 0.15) is 27.2 Å². The molecule has 29 heavy (non-hydrogen) atoms. The number of rotatable bonds is 10. The van der Waals surface area contributed by atoms with E-state index in [1.807, 2.05) is 56.3 Å². The summed E-state index contributed by atoms with van der Waals surface area (Å²) in [6.45, 7) is 5.89. The van der Waals surface area contributed by atoms with Gasteiger partial charge in [0, 0.05) is 28.4 Å². The first-order chi connectivity index (χ1) is 13.7. The molecule has 0 aliphatic rings. The lowest BCUT2D eigenvalue weighted by molar-refractivity contribution is -0.768. The number of β-amino-alcohol motifs (C(OH)–C–C–N with tert-alkyl or cyclic N) is 1. The van der Waals surface area contributed by atoms with Crippen LogP contribution < -0.4 is 10.1 Å². The summed E-state index contributed by atoms with van der Waals surface area (Å²) < 4.78 is 5.92. The predicted molar refractivity (Wildman–Crippen MR) is 112 cm³/mol. The number of H-pyrrole nitrogens is 1. The molecule has 3 N–H and O–H groups in total. The summed E-state index contributed by atoms with van der Waals surface area (Å²) in [5.41, 5.74) is 1.58. The molecule has 8 heteroatoms. The molecule has 156 valence electrons. The molecule has 0 radical (unpaired) electrons. The first-order valence-electron chi connectivity index (χ1n) is 9.61. The fraction of sp³-hybridized carbons (Fsp3) is 0.429.